The minimum atomic E-state index is 0.599. The average molecular weight is 242 g/mol. The molecule has 1 atom stereocenters. The van der Waals surface area contributed by atoms with Crippen LogP contribution in [0.3, 0.4) is 0 Å². The second-order valence-electron chi connectivity index (χ2n) is 5.28. The number of rotatable bonds is 2. The number of ether oxygens (including phenoxy) is 1. The van der Waals surface area contributed by atoms with E-state index in [-0.39, 0.29) is 0 Å². The fraction of sp³-hybridized carbons (Fsp3) is 0.412. The van der Waals surface area contributed by atoms with Gasteiger partial charge in [0, 0.05) is 0 Å². The second-order valence-corrected chi connectivity index (χ2v) is 5.28. The summed E-state index contributed by atoms with van der Waals surface area (Å²) in [5.41, 5.74) is 7.24. The molecule has 1 nitrogen and oxygen atoms in total. The lowest BCUT2D eigenvalue weighted by Crippen LogP contribution is -2.09. The Balaban J connectivity index is 2.47. The Morgan fingerprint density at radius 1 is 1.00 bits per heavy atom. The van der Waals surface area contributed by atoms with E-state index in [9.17, 15) is 0 Å². The third-order valence-corrected chi connectivity index (χ3v) is 4.11. The van der Waals surface area contributed by atoms with E-state index in [1.165, 1.54) is 34.3 Å². The summed E-state index contributed by atoms with van der Waals surface area (Å²) >= 11 is 0. The standard InChI is InChI=1S/C17H22O/c1-11-10-12(2)17(14(4)13(11)3)15-6-8-16(18-5)9-7-15/h6-9,12H,10H2,1-5H3. The van der Waals surface area contributed by atoms with Crippen molar-refractivity contribution in [3.05, 3.63) is 46.5 Å². The molecule has 0 fully saturated rings. The molecule has 1 aliphatic rings. The zero-order valence-electron chi connectivity index (χ0n) is 12.0. The van der Waals surface area contributed by atoms with Crippen LogP contribution in [0.5, 0.6) is 5.75 Å². The smallest absolute Gasteiger partial charge is 0.118 e. The molecule has 0 amide bonds. The maximum atomic E-state index is 5.22. The van der Waals surface area contributed by atoms with Crippen molar-refractivity contribution in [2.45, 2.75) is 34.1 Å². The molecule has 2 rings (SSSR count). The molecule has 0 radical (unpaired) electrons. The molecule has 0 spiro atoms. The van der Waals surface area contributed by atoms with Gasteiger partial charge in [0.15, 0.2) is 0 Å². The lowest BCUT2D eigenvalue weighted by Gasteiger charge is -2.27. The van der Waals surface area contributed by atoms with Crippen LogP contribution in [0.25, 0.3) is 5.57 Å². The first kappa shape index (κ1) is 12.9. The summed E-state index contributed by atoms with van der Waals surface area (Å²) in [6, 6.07) is 8.43. The first-order valence-corrected chi connectivity index (χ1v) is 6.56. The van der Waals surface area contributed by atoms with Crippen LogP contribution in [0, 0.1) is 5.92 Å². The maximum Gasteiger partial charge on any atom is 0.118 e. The highest BCUT2D eigenvalue weighted by molar-refractivity contribution is 5.75. The molecule has 96 valence electrons. The molecule has 0 N–H and O–H groups in total. The zero-order valence-corrected chi connectivity index (χ0v) is 12.0. The van der Waals surface area contributed by atoms with Gasteiger partial charge in [-0.25, -0.2) is 0 Å². The van der Waals surface area contributed by atoms with Crippen LogP contribution in [-0.4, -0.2) is 7.11 Å². The van der Waals surface area contributed by atoms with Crippen molar-refractivity contribution in [3.8, 4) is 5.75 Å². The first-order chi connectivity index (χ1) is 8.54. The minimum Gasteiger partial charge on any atom is -0.497 e. The number of hydrogen-bond acceptors (Lipinski definition) is 1. The number of methoxy groups -OCH3 is 1. The Hall–Kier alpha value is -1.50. The monoisotopic (exact) mass is 242 g/mol. The fourth-order valence-corrected chi connectivity index (χ4v) is 2.88. The molecular formula is C17H22O. The van der Waals surface area contributed by atoms with E-state index in [1.807, 2.05) is 12.1 Å². The van der Waals surface area contributed by atoms with Crippen LogP contribution in [0.2, 0.25) is 0 Å². The lowest BCUT2D eigenvalue weighted by atomic mass is 9.78. The molecule has 1 aromatic rings. The van der Waals surface area contributed by atoms with E-state index in [0.29, 0.717) is 5.92 Å². The van der Waals surface area contributed by atoms with Crippen molar-refractivity contribution in [1.82, 2.24) is 0 Å². The average Bonchev–Trinajstić information content (AvgIpc) is 2.37. The van der Waals surface area contributed by atoms with Crippen LogP contribution < -0.4 is 4.74 Å². The Labute approximate surface area is 110 Å². The topological polar surface area (TPSA) is 9.23 Å². The van der Waals surface area contributed by atoms with Gasteiger partial charge in [-0.15, -0.1) is 0 Å². The minimum absolute atomic E-state index is 0.599. The maximum absolute atomic E-state index is 5.22. The number of benzene rings is 1. The molecular weight excluding hydrogens is 220 g/mol. The third-order valence-electron chi connectivity index (χ3n) is 4.11. The van der Waals surface area contributed by atoms with Gasteiger partial charge >= 0.3 is 0 Å². The molecule has 0 aliphatic heterocycles. The summed E-state index contributed by atoms with van der Waals surface area (Å²) < 4.78 is 5.22. The molecule has 0 heterocycles. The lowest BCUT2D eigenvalue weighted by molar-refractivity contribution is 0.414. The molecule has 1 aliphatic carbocycles. The van der Waals surface area contributed by atoms with E-state index in [4.69, 9.17) is 4.74 Å². The predicted octanol–water partition coefficient (Wildman–Crippen LogP) is 4.84. The molecule has 0 saturated heterocycles. The van der Waals surface area contributed by atoms with E-state index >= 15 is 0 Å². The number of hydrogen-bond donors (Lipinski definition) is 0. The van der Waals surface area contributed by atoms with Crippen molar-refractivity contribution in [3.63, 3.8) is 0 Å². The predicted molar refractivity (Wildman–Crippen MR) is 77.7 cm³/mol. The van der Waals surface area contributed by atoms with Crippen LogP contribution in [0.1, 0.15) is 39.7 Å². The van der Waals surface area contributed by atoms with Gasteiger partial charge in [-0.3, -0.25) is 0 Å². The van der Waals surface area contributed by atoms with Crippen molar-refractivity contribution in [2.24, 2.45) is 5.92 Å². The van der Waals surface area contributed by atoms with Crippen molar-refractivity contribution < 1.29 is 4.74 Å². The Morgan fingerprint density at radius 3 is 2.17 bits per heavy atom. The van der Waals surface area contributed by atoms with Gasteiger partial charge in [-0.2, -0.15) is 0 Å². The van der Waals surface area contributed by atoms with Gasteiger partial charge in [0.05, 0.1) is 7.11 Å². The summed E-state index contributed by atoms with van der Waals surface area (Å²) in [5.74, 6) is 1.52. The van der Waals surface area contributed by atoms with Gasteiger partial charge in [-0.05, 0) is 67.5 Å². The molecule has 0 bridgehead atoms. The Morgan fingerprint density at radius 2 is 1.61 bits per heavy atom. The summed E-state index contributed by atoms with van der Waals surface area (Å²) in [7, 11) is 1.71. The molecule has 0 saturated carbocycles. The summed E-state index contributed by atoms with van der Waals surface area (Å²) in [4.78, 5) is 0. The van der Waals surface area contributed by atoms with Crippen molar-refractivity contribution in [2.75, 3.05) is 7.11 Å². The summed E-state index contributed by atoms with van der Waals surface area (Å²) in [6.07, 6.45) is 1.17. The van der Waals surface area contributed by atoms with Gasteiger partial charge in [0.1, 0.15) is 5.75 Å². The molecule has 1 aromatic carbocycles. The first-order valence-electron chi connectivity index (χ1n) is 6.56. The Bertz CT molecular complexity index is 503. The fourth-order valence-electron chi connectivity index (χ4n) is 2.88. The third kappa shape index (κ3) is 2.22. The Kier molecular flexibility index (Phi) is 3.60. The van der Waals surface area contributed by atoms with Crippen LogP contribution in [0.15, 0.2) is 41.0 Å². The highest BCUT2D eigenvalue weighted by atomic mass is 16.5. The molecule has 18 heavy (non-hydrogen) atoms. The van der Waals surface area contributed by atoms with E-state index in [0.717, 1.165) is 5.75 Å². The van der Waals surface area contributed by atoms with E-state index in [1.54, 1.807) is 7.11 Å². The van der Waals surface area contributed by atoms with Crippen LogP contribution >= 0.6 is 0 Å². The molecule has 1 unspecified atom stereocenters. The van der Waals surface area contributed by atoms with Crippen LogP contribution in [-0.2, 0) is 0 Å². The summed E-state index contributed by atoms with van der Waals surface area (Å²) in [6.45, 7) is 9.05. The SMILES string of the molecule is COc1ccc(C2=C(C)C(C)=C(C)CC2C)cc1. The highest BCUT2D eigenvalue weighted by Crippen LogP contribution is 2.39. The van der Waals surface area contributed by atoms with Crippen molar-refractivity contribution >= 4 is 5.57 Å². The molecule has 0 aromatic heterocycles. The normalized spacial score (nSPS) is 20.4. The second kappa shape index (κ2) is 5.01. The van der Waals surface area contributed by atoms with E-state index in [2.05, 4.69) is 39.8 Å². The van der Waals surface area contributed by atoms with Crippen molar-refractivity contribution in [1.29, 1.82) is 0 Å². The quantitative estimate of drug-likeness (QED) is 0.720. The van der Waals surface area contributed by atoms with Gasteiger partial charge in [0.2, 0.25) is 0 Å². The largest absolute Gasteiger partial charge is 0.497 e. The highest BCUT2D eigenvalue weighted by Gasteiger charge is 2.21. The van der Waals surface area contributed by atoms with Gasteiger partial charge in [-0.1, -0.05) is 24.6 Å². The van der Waals surface area contributed by atoms with E-state index < -0.39 is 0 Å². The van der Waals surface area contributed by atoms with Crippen LogP contribution in [0.4, 0.5) is 0 Å². The number of allylic oxidation sites excluding steroid dienone is 4. The van der Waals surface area contributed by atoms with Gasteiger partial charge < -0.3 is 4.74 Å². The van der Waals surface area contributed by atoms with Gasteiger partial charge in [0.25, 0.3) is 0 Å². The summed E-state index contributed by atoms with van der Waals surface area (Å²) in [5, 5.41) is 0. The zero-order chi connectivity index (χ0) is 13.3. The molecule has 1 heteroatoms.